The van der Waals surface area contributed by atoms with Crippen LogP contribution in [0.5, 0.6) is 5.88 Å². The number of aryl methyl sites for hydroxylation is 1. The quantitative estimate of drug-likeness (QED) is 0.401. The average molecular weight is 520 g/mol. The maximum Gasteiger partial charge on any atom is 0.251 e. The zero-order valence-corrected chi connectivity index (χ0v) is 21.5. The van der Waals surface area contributed by atoms with Crippen molar-refractivity contribution in [2.24, 2.45) is 7.05 Å². The van der Waals surface area contributed by atoms with Crippen LogP contribution in [-0.4, -0.2) is 74.6 Å². The molecule has 1 aromatic carbocycles. The summed E-state index contributed by atoms with van der Waals surface area (Å²) >= 11 is 0. The van der Waals surface area contributed by atoms with Crippen LogP contribution in [-0.2, 0) is 18.3 Å². The first-order chi connectivity index (χ1) is 18.5. The first-order valence-electron chi connectivity index (χ1n) is 12.9. The molecule has 5 heterocycles. The number of nitrogens with zero attached hydrogens (tertiary/aromatic N) is 6. The fraction of sp³-hybridized carbons (Fsp3) is 0.407. The Morgan fingerprint density at radius 3 is 2.76 bits per heavy atom. The molecule has 3 aromatic heterocycles. The number of hydrogen-bond acceptors (Lipinski definition) is 7. The van der Waals surface area contributed by atoms with E-state index in [9.17, 15) is 4.79 Å². The van der Waals surface area contributed by atoms with Crippen molar-refractivity contribution in [3.05, 3.63) is 53.7 Å². The number of likely N-dealkylation sites (tertiary alicyclic amines) is 1. The van der Waals surface area contributed by atoms with Gasteiger partial charge in [0, 0.05) is 55.5 Å². The number of benzene rings is 1. The highest BCUT2D eigenvalue weighted by atomic mass is 19.1. The highest BCUT2D eigenvalue weighted by Crippen LogP contribution is 2.34. The number of carbonyl (C=O) groups is 1. The van der Waals surface area contributed by atoms with Gasteiger partial charge in [-0.15, -0.1) is 5.10 Å². The Kier molecular flexibility index (Phi) is 6.54. The Morgan fingerprint density at radius 2 is 2.05 bits per heavy atom. The molecule has 1 N–H and O–H groups in total. The summed E-state index contributed by atoms with van der Waals surface area (Å²) in [6, 6.07) is 5.07. The van der Waals surface area contributed by atoms with Crippen molar-refractivity contribution in [1.29, 1.82) is 0 Å². The first kappa shape index (κ1) is 24.5. The summed E-state index contributed by atoms with van der Waals surface area (Å²) in [7, 11) is 3.41. The Bertz CT molecular complexity index is 1490. The van der Waals surface area contributed by atoms with Crippen molar-refractivity contribution < 1.29 is 18.7 Å². The molecule has 10 nitrogen and oxygen atoms in total. The van der Waals surface area contributed by atoms with E-state index in [1.165, 1.54) is 0 Å². The molecule has 2 aliphatic rings. The van der Waals surface area contributed by atoms with Crippen LogP contribution in [0, 0.1) is 5.82 Å². The van der Waals surface area contributed by atoms with Gasteiger partial charge >= 0.3 is 0 Å². The molecule has 0 aliphatic carbocycles. The molecule has 1 amide bonds. The SMILES string of the molecule is CNC(=O)c1cc(CN2CCCC2)c(F)c(-c2cnc3cc(-c4cnn(C)c4)c(OC4CCOC4)nn23)c1. The molecular weight excluding hydrogens is 489 g/mol. The van der Waals surface area contributed by atoms with Crippen LogP contribution in [0.25, 0.3) is 28.0 Å². The molecule has 6 rings (SSSR count). The van der Waals surface area contributed by atoms with Crippen LogP contribution < -0.4 is 10.1 Å². The summed E-state index contributed by atoms with van der Waals surface area (Å²) in [6.07, 6.45) is 8.01. The van der Waals surface area contributed by atoms with Gasteiger partial charge in [-0.1, -0.05) is 0 Å². The third-order valence-corrected chi connectivity index (χ3v) is 7.15. The number of hydrogen-bond donors (Lipinski definition) is 1. The van der Waals surface area contributed by atoms with E-state index in [0.29, 0.717) is 48.1 Å². The molecule has 2 fully saturated rings. The van der Waals surface area contributed by atoms with Crippen molar-refractivity contribution >= 4 is 11.6 Å². The highest BCUT2D eigenvalue weighted by molar-refractivity contribution is 5.95. The van der Waals surface area contributed by atoms with E-state index in [0.717, 1.165) is 43.5 Å². The lowest BCUT2D eigenvalue weighted by atomic mass is 10.0. The third-order valence-electron chi connectivity index (χ3n) is 7.15. The number of amides is 1. The molecule has 11 heteroatoms. The van der Waals surface area contributed by atoms with Crippen molar-refractivity contribution in [1.82, 2.24) is 34.6 Å². The minimum absolute atomic E-state index is 0.136. The van der Waals surface area contributed by atoms with Gasteiger partial charge < -0.3 is 14.8 Å². The minimum Gasteiger partial charge on any atom is -0.470 e. The van der Waals surface area contributed by atoms with Gasteiger partial charge in [-0.05, 0) is 44.1 Å². The van der Waals surface area contributed by atoms with E-state index in [-0.39, 0.29) is 23.4 Å². The number of rotatable bonds is 7. The van der Waals surface area contributed by atoms with Gasteiger partial charge in [-0.2, -0.15) is 5.10 Å². The zero-order valence-electron chi connectivity index (χ0n) is 21.5. The largest absolute Gasteiger partial charge is 0.470 e. The molecule has 1 unspecified atom stereocenters. The Morgan fingerprint density at radius 1 is 1.21 bits per heavy atom. The third kappa shape index (κ3) is 4.63. The van der Waals surface area contributed by atoms with Crippen LogP contribution in [0.3, 0.4) is 0 Å². The number of ether oxygens (including phenoxy) is 2. The maximum atomic E-state index is 16.1. The average Bonchev–Trinajstić information content (AvgIpc) is 3.73. The normalized spacial score (nSPS) is 17.9. The van der Waals surface area contributed by atoms with E-state index < -0.39 is 0 Å². The van der Waals surface area contributed by atoms with Crippen molar-refractivity contribution in [2.45, 2.75) is 31.9 Å². The number of halogens is 1. The molecule has 198 valence electrons. The van der Waals surface area contributed by atoms with Crippen LogP contribution in [0.4, 0.5) is 4.39 Å². The zero-order chi connectivity index (χ0) is 26.2. The predicted octanol–water partition coefficient (Wildman–Crippen LogP) is 3.06. The predicted molar refractivity (Wildman–Crippen MR) is 138 cm³/mol. The van der Waals surface area contributed by atoms with Gasteiger partial charge in [0.1, 0.15) is 11.9 Å². The molecule has 0 radical (unpaired) electrons. The molecular formula is C27H30FN7O3. The second kappa shape index (κ2) is 10.1. The minimum atomic E-state index is -0.379. The van der Waals surface area contributed by atoms with Gasteiger partial charge in [0.2, 0.25) is 5.88 Å². The van der Waals surface area contributed by atoms with E-state index in [1.807, 2.05) is 19.3 Å². The number of aromatic nitrogens is 5. The number of imidazole rings is 1. The first-order valence-corrected chi connectivity index (χ1v) is 12.9. The van der Waals surface area contributed by atoms with E-state index >= 15 is 4.39 Å². The summed E-state index contributed by atoms with van der Waals surface area (Å²) in [5, 5.41) is 11.7. The van der Waals surface area contributed by atoms with Gasteiger partial charge in [0.05, 0.1) is 36.9 Å². The molecule has 2 saturated heterocycles. The second-order valence-corrected chi connectivity index (χ2v) is 9.84. The standard InChI is InChI=1S/C27H30FN7O3/c1-29-26(36)17-9-18(15-34-6-3-4-7-34)25(28)22(10-17)23-13-30-24-11-21(19-12-31-33(2)14-19)27(32-35(23)24)38-20-5-8-37-16-20/h9-14,20H,3-8,15-16H2,1-2H3,(H,29,36). The Hall–Kier alpha value is -3.83. The highest BCUT2D eigenvalue weighted by Gasteiger charge is 2.25. The van der Waals surface area contributed by atoms with Crippen molar-refractivity contribution in [3.63, 3.8) is 0 Å². The van der Waals surface area contributed by atoms with Gasteiger partial charge in [-0.25, -0.2) is 13.9 Å². The molecule has 0 spiro atoms. The Labute approximate surface area is 219 Å². The van der Waals surface area contributed by atoms with Crippen LogP contribution in [0.2, 0.25) is 0 Å². The monoisotopic (exact) mass is 519 g/mol. The summed E-state index contributed by atoms with van der Waals surface area (Å²) in [5.74, 6) is -0.267. The number of fused-ring (bicyclic) bond motifs is 1. The van der Waals surface area contributed by atoms with E-state index in [1.54, 1.807) is 40.8 Å². The summed E-state index contributed by atoms with van der Waals surface area (Å²) in [6.45, 7) is 3.38. The lowest BCUT2D eigenvalue weighted by molar-refractivity contribution is 0.0963. The van der Waals surface area contributed by atoms with E-state index in [2.05, 4.69) is 20.3 Å². The Balaban J connectivity index is 1.48. The second-order valence-electron chi connectivity index (χ2n) is 9.84. The fourth-order valence-corrected chi connectivity index (χ4v) is 5.14. The lowest BCUT2D eigenvalue weighted by Crippen LogP contribution is -2.22. The molecule has 0 saturated carbocycles. The molecule has 1 atom stereocenters. The van der Waals surface area contributed by atoms with Crippen molar-refractivity contribution in [2.75, 3.05) is 33.4 Å². The molecule has 4 aromatic rings. The summed E-state index contributed by atoms with van der Waals surface area (Å²) in [5.41, 5.74) is 3.68. The van der Waals surface area contributed by atoms with Gasteiger partial charge in [0.15, 0.2) is 5.65 Å². The fourth-order valence-electron chi connectivity index (χ4n) is 5.14. The number of nitrogens with one attached hydrogen (secondary N) is 1. The molecule has 38 heavy (non-hydrogen) atoms. The van der Waals surface area contributed by atoms with Gasteiger partial charge in [0.25, 0.3) is 5.91 Å². The number of carbonyl (C=O) groups excluding carboxylic acids is 1. The van der Waals surface area contributed by atoms with Gasteiger partial charge in [-0.3, -0.25) is 14.4 Å². The lowest BCUT2D eigenvalue weighted by Gasteiger charge is -2.18. The van der Waals surface area contributed by atoms with Crippen LogP contribution >= 0.6 is 0 Å². The van der Waals surface area contributed by atoms with Crippen molar-refractivity contribution in [3.8, 4) is 28.3 Å². The van der Waals surface area contributed by atoms with Crippen LogP contribution in [0.1, 0.15) is 35.2 Å². The van der Waals surface area contributed by atoms with E-state index in [4.69, 9.17) is 14.6 Å². The summed E-state index contributed by atoms with van der Waals surface area (Å²) in [4.78, 5) is 19.4. The molecule has 0 bridgehead atoms. The molecule has 2 aliphatic heterocycles. The maximum absolute atomic E-state index is 16.1. The van der Waals surface area contributed by atoms with Crippen LogP contribution in [0.15, 0.2) is 36.8 Å². The topological polar surface area (TPSA) is 98.8 Å². The smallest absolute Gasteiger partial charge is 0.251 e. The summed E-state index contributed by atoms with van der Waals surface area (Å²) < 4.78 is 31.1.